The van der Waals surface area contributed by atoms with Crippen LogP contribution in [-0.2, 0) is 6.42 Å². The number of anilines is 1. The number of hydrogen-bond donors (Lipinski definition) is 2. The Morgan fingerprint density at radius 2 is 1.90 bits per heavy atom. The molecule has 0 amide bonds. The van der Waals surface area contributed by atoms with E-state index in [1.807, 2.05) is 6.07 Å². The van der Waals surface area contributed by atoms with Crippen molar-refractivity contribution < 1.29 is 9.84 Å². The van der Waals surface area contributed by atoms with E-state index in [1.165, 1.54) is 17.5 Å². The van der Waals surface area contributed by atoms with E-state index in [0.717, 1.165) is 53.6 Å². The van der Waals surface area contributed by atoms with Gasteiger partial charge in [0.15, 0.2) is 0 Å². The Bertz CT molecular complexity index is 1260. The topological polar surface area (TPSA) is 86.2 Å². The summed E-state index contributed by atoms with van der Waals surface area (Å²) in [4.78, 5) is 8.75. The molecule has 2 aromatic heterocycles. The smallest absolute Gasteiger partial charge is 0.146 e. The van der Waals surface area contributed by atoms with Crippen molar-refractivity contribution in [3.8, 4) is 16.9 Å². The summed E-state index contributed by atoms with van der Waals surface area (Å²) in [6.45, 7) is 0. The number of nitrogens with zero attached hydrogens (tertiary/aromatic N) is 3. The summed E-state index contributed by atoms with van der Waals surface area (Å²) in [6, 6.07) is 17.0. The van der Waals surface area contributed by atoms with E-state index in [-0.39, 0.29) is 18.2 Å². The molecule has 2 aliphatic rings. The third kappa shape index (κ3) is 3.06. The zero-order valence-corrected chi connectivity index (χ0v) is 17.1. The van der Waals surface area contributed by atoms with Gasteiger partial charge in [0.2, 0.25) is 0 Å². The lowest BCUT2D eigenvalue weighted by molar-refractivity contribution is 0.0502. The van der Waals surface area contributed by atoms with Crippen LogP contribution in [0.2, 0.25) is 0 Å². The van der Waals surface area contributed by atoms with Crippen molar-refractivity contribution in [2.45, 2.75) is 43.9 Å². The fourth-order valence-corrected chi connectivity index (χ4v) is 4.83. The second kappa shape index (κ2) is 7.10. The summed E-state index contributed by atoms with van der Waals surface area (Å²) in [7, 11) is 0. The number of aliphatic hydroxyl groups is 1. The van der Waals surface area contributed by atoms with Gasteiger partial charge >= 0.3 is 0 Å². The molecule has 1 fully saturated rings. The first-order valence-electron chi connectivity index (χ1n) is 10.8. The summed E-state index contributed by atoms with van der Waals surface area (Å²) in [5, 5.41) is 10.7. The summed E-state index contributed by atoms with van der Waals surface area (Å²) in [6.07, 6.45) is 6.87. The second-order valence-corrected chi connectivity index (χ2v) is 8.56. The van der Waals surface area contributed by atoms with Gasteiger partial charge in [-0.15, -0.1) is 0 Å². The van der Waals surface area contributed by atoms with Gasteiger partial charge < -0.3 is 20.1 Å². The van der Waals surface area contributed by atoms with Crippen LogP contribution < -0.4 is 10.5 Å². The first-order valence-corrected chi connectivity index (χ1v) is 10.8. The Morgan fingerprint density at radius 1 is 1.06 bits per heavy atom. The van der Waals surface area contributed by atoms with Crippen molar-refractivity contribution in [3.63, 3.8) is 0 Å². The first-order chi connectivity index (χ1) is 15.2. The number of nitrogen functional groups attached to an aromatic ring is 1. The lowest BCUT2D eigenvalue weighted by Crippen LogP contribution is -2.30. The van der Waals surface area contributed by atoms with Crippen molar-refractivity contribution in [2.75, 3.05) is 5.73 Å². The molecule has 1 atom stereocenters. The number of hydrogen-bond acceptors (Lipinski definition) is 5. The highest BCUT2D eigenvalue weighted by atomic mass is 16.5. The predicted octanol–water partition coefficient (Wildman–Crippen LogP) is 4.44. The highest BCUT2D eigenvalue weighted by Crippen LogP contribution is 2.42. The first kappa shape index (κ1) is 18.4. The lowest BCUT2D eigenvalue weighted by Gasteiger charge is -2.32. The molecule has 0 spiro atoms. The monoisotopic (exact) mass is 412 g/mol. The zero-order chi connectivity index (χ0) is 20.9. The average Bonchev–Trinajstić information content (AvgIpc) is 3.17. The fourth-order valence-electron chi connectivity index (χ4n) is 4.83. The molecule has 1 saturated carbocycles. The summed E-state index contributed by atoms with van der Waals surface area (Å²) in [5.41, 5.74) is 11.6. The summed E-state index contributed by atoms with van der Waals surface area (Å²) in [5.74, 6) is 1.40. The largest absolute Gasteiger partial charge is 0.485 e. The number of aryl methyl sites for hydroxylation is 1. The molecule has 0 saturated heterocycles. The number of aliphatic hydroxyl groups excluding tert-OH is 1. The summed E-state index contributed by atoms with van der Waals surface area (Å²) >= 11 is 0. The third-order valence-corrected chi connectivity index (χ3v) is 6.61. The fraction of sp³-hybridized carbons (Fsp3) is 0.280. The van der Waals surface area contributed by atoms with Gasteiger partial charge in [-0.05, 0) is 48.4 Å². The number of benzene rings is 2. The summed E-state index contributed by atoms with van der Waals surface area (Å²) < 4.78 is 8.56. The van der Waals surface area contributed by atoms with E-state index in [1.54, 1.807) is 0 Å². The molecule has 0 radical (unpaired) electrons. The van der Waals surface area contributed by atoms with Crippen LogP contribution in [0, 0.1) is 0 Å². The Balaban J connectivity index is 1.42. The molecule has 2 aromatic carbocycles. The number of fused-ring (bicyclic) bond motifs is 2. The minimum absolute atomic E-state index is 0.0650. The molecule has 0 bridgehead atoms. The van der Waals surface area contributed by atoms with Crippen molar-refractivity contribution in [2.24, 2.45) is 0 Å². The molecule has 3 N–H and O–H groups in total. The Kier molecular flexibility index (Phi) is 4.21. The minimum atomic E-state index is -0.239. The molecule has 6 rings (SSSR count). The van der Waals surface area contributed by atoms with Gasteiger partial charge in [0, 0.05) is 17.8 Å². The van der Waals surface area contributed by atoms with Crippen LogP contribution in [0.1, 0.15) is 42.5 Å². The molecule has 1 aliphatic carbocycles. The Morgan fingerprint density at radius 3 is 2.71 bits per heavy atom. The molecule has 3 heterocycles. The van der Waals surface area contributed by atoms with E-state index >= 15 is 0 Å². The Hall–Kier alpha value is -3.38. The van der Waals surface area contributed by atoms with E-state index in [0.29, 0.717) is 5.82 Å². The van der Waals surface area contributed by atoms with Gasteiger partial charge in [-0.1, -0.05) is 42.5 Å². The zero-order valence-electron chi connectivity index (χ0n) is 17.1. The molecular formula is C25H24N4O2. The highest BCUT2D eigenvalue weighted by molar-refractivity contribution is 6.00. The van der Waals surface area contributed by atoms with E-state index in [2.05, 4.69) is 63.2 Å². The molecule has 1 aliphatic heterocycles. The molecule has 1 unspecified atom stereocenters. The van der Waals surface area contributed by atoms with Crippen LogP contribution in [0.3, 0.4) is 0 Å². The maximum absolute atomic E-state index is 9.79. The van der Waals surface area contributed by atoms with Crippen LogP contribution in [0.15, 0.2) is 61.1 Å². The van der Waals surface area contributed by atoms with E-state index in [9.17, 15) is 5.11 Å². The van der Waals surface area contributed by atoms with Crippen molar-refractivity contribution in [3.05, 3.63) is 72.2 Å². The van der Waals surface area contributed by atoms with Gasteiger partial charge in [-0.3, -0.25) is 0 Å². The molecular weight excluding hydrogens is 388 g/mol. The molecule has 31 heavy (non-hydrogen) atoms. The number of rotatable bonds is 3. The number of nitrogens with two attached hydrogens (primary N) is 1. The molecule has 4 aromatic rings. The van der Waals surface area contributed by atoms with Gasteiger partial charge in [0.25, 0.3) is 0 Å². The predicted molar refractivity (Wildman–Crippen MR) is 120 cm³/mol. The van der Waals surface area contributed by atoms with Gasteiger partial charge in [0.1, 0.15) is 29.6 Å². The van der Waals surface area contributed by atoms with Crippen LogP contribution >= 0.6 is 0 Å². The standard InChI is InChI=1S/C25H24N4O2/c26-24-23-20(13-29(18-11-19(30)12-18)25(23)28-14-27-24)17-7-6-16-8-9-21(31-22(16)10-17)15-4-2-1-3-5-15/h1-7,10,13-14,18-19,21,30H,8-9,11-12H2,(H2,26,27,28)/t18-,19+,21?. The van der Waals surface area contributed by atoms with Crippen LogP contribution in [0.25, 0.3) is 22.2 Å². The molecule has 156 valence electrons. The van der Waals surface area contributed by atoms with Gasteiger partial charge in [-0.25, -0.2) is 9.97 Å². The maximum Gasteiger partial charge on any atom is 0.146 e. The second-order valence-electron chi connectivity index (χ2n) is 8.56. The van der Waals surface area contributed by atoms with Crippen molar-refractivity contribution in [1.82, 2.24) is 14.5 Å². The number of ether oxygens (including phenoxy) is 1. The van der Waals surface area contributed by atoms with Crippen molar-refractivity contribution in [1.29, 1.82) is 0 Å². The van der Waals surface area contributed by atoms with Crippen molar-refractivity contribution >= 4 is 16.9 Å². The molecule has 6 nitrogen and oxygen atoms in total. The normalized spacial score (nSPS) is 22.5. The van der Waals surface area contributed by atoms with E-state index in [4.69, 9.17) is 10.5 Å². The van der Waals surface area contributed by atoms with E-state index < -0.39 is 0 Å². The lowest BCUT2D eigenvalue weighted by atomic mass is 9.89. The molecule has 6 heteroatoms. The quantitative estimate of drug-likeness (QED) is 0.519. The van der Waals surface area contributed by atoms with Gasteiger partial charge in [-0.2, -0.15) is 0 Å². The van der Waals surface area contributed by atoms with Crippen LogP contribution in [0.4, 0.5) is 5.82 Å². The van der Waals surface area contributed by atoms with Gasteiger partial charge in [0.05, 0.1) is 11.5 Å². The Labute approximate surface area is 180 Å². The number of aromatic nitrogens is 3. The average molecular weight is 412 g/mol. The highest BCUT2D eigenvalue weighted by Gasteiger charge is 2.31. The van der Waals surface area contributed by atoms with Crippen LogP contribution in [0.5, 0.6) is 5.75 Å². The minimum Gasteiger partial charge on any atom is -0.485 e. The van der Waals surface area contributed by atoms with Crippen LogP contribution in [-0.4, -0.2) is 25.7 Å². The third-order valence-electron chi connectivity index (χ3n) is 6.61. The maximum atomic E-state index is 9.79. The SMILES string of the molecule is Nc1ncnc2c1c(-c1ccc3c(c1)OC(c1ccccc1)CC3)cn2[C@H]1C[C@@H](O)C1.